The van der Waals surface area contributed by atoms with Gasteiger partial charge in [0.15, 0.2) is 5.75 Å². The van der Waals surface area contributed by atoms with Crippen molar-refractivity contribution in [3.05, 3.63) is 36.2 Å². The molecule has 0 saturated carbocycles. The van der Waals surface area contributed by atoms with Crippen LogP contribution in [0, 0.1) is 0 Å². The minimum atomic E-state index is -0.673. The van der Waals surface area contributed by atoms with E-state index in [2.05, 4.69) is 5.10 Å². The molecule has 0 fully saturated rings. The van der Waals surface area contributed by atoms with Gasteiger partial charge in [-0.05, 0) is 19.1 Å². The maximum atomic E-state index is 9.82. The number of rotatable bonds is 4. The molecule has 5 heteroatoms. The Kier molecular flexibility index (Phi) is 3.53. The zero-order valence-corrected chi connectivity index (χ0v) is 10.6. The molecule has 0 amide bonds. The van der Waals surface area contributed by atoms with Crippen molar-refractivity contribution in [3.8, 4) is 17.2 Å². The fraction of sp³-hybridized carbons (Fsp3) is 0.308. The molecule has 0 saturated heterocycles. The van der Waals surface area contributed by atoms with Gasteiger partial charge in [-0.15, -0.1) is 0 Å². The minimum absolute atomic E-state index is 0.567. The molecule has 5 nitrogen and oxygen atoms in total. The molecule has 0 spiro atoms. The highest BCUT2D eigenvalue weighted by molar-refractivity contribution is 5.47. The van der Waals surface area contributed by atoms with Crippen molar-refractivity contribution in [2.75, 3.05) is 7.11 Å². The number of hydrogen-bond donors (Lipinski definition) is 1. The van der Waals surface area contributed by atoms with Gasteiger partial charge < -0.3 is 14.6 Å². The van der Waals surface area contributed by atoms with E-state index in [1.165, 1.54) is 0 Å². The van der Waals surface area contributed by atoms with Crippen molar-refractivity contribution >= 4 is 0 Å². The van der Waals surface area contributed by atoms with Crippen LogP contribution in [-0.2, 0) is 7.05 Å². The highest BCUT2D eigenvalue weighted by Crippen LogP contribution is 2.36. The summed E-state index contributed by atoms with van der Waals surface area (Å²) in [6.07, 6.45) is 2.70. The van der Waals surface area contributed by atoms with E-state index in [1.807, 2.05) is 13.1 Å². The number of aliphatic hydroxyl groups is 1. The molecule has 1 aromatic heterocycles. The lowest BCUT2D eigenvalue weighted by Gasteiger charge is -2.15. The summed E-state index contributed by atoms with van der Waals surface area (Å²) in [5, 5.41) is 13.8. The molecule has 0 aliphatic carbocycles. The number of nitrogens with zero attached hydrogens (tertiary/aromatic N) is 2. The van der Waals surface area contributed by atoms with Gasteiger partial charge in [-0.1, -0.05) is 6.07 Å². The van der Waals surface area contributed by atoms with E-state index in [9.17, 15) is 5.11 Å². The van der Waals surface area contributed by atoms with E-state index in [1.54, 1.807) is 43.2 Å². The van der Waals surface area contributed by atoms with Gasteiger partial charge >= 0.3 is 0 Å². The monoisotopic (exact) mass is 248 g/mol. The van der Waals surface area contributed by atoms with Gasteiger partial charge in [0, 0.05) is 7.05 Å². The lowest BCUT2D eigenvalue weighted by atomic mass is 10.1. The van der Waals surface area contributed by atoms with E-state index >= 15 is 0 Å². The Balaban J connectivity index is 2.37. The summed E-state index contributed by atoms with van der Waals surface area (Å²) < 4.78 is 12.6. The van der Waals surface area contributed by atoms with Crippen LogP contribution in [0.25, 0.3) is 0 Å². The maximum Gasteiger partial charge on any atom is 0.165 e. The Hall–Kier alpha value is -2.01. The quantitative estimate of drug-likeness (QED) is 0.901. The summed E-state index contributed by atoms with van der Waals surface area (Å²) in [4.78, 5) is 0. The highest BCUT2D eigenvalue weighted by atomic mass is 16.5. The van der Waals surface area contributed by atoms with Crippen LogP contribution in [0.3, 0.4) is 0 Å². The smallest absolute Gasteiger partial charge is 0.165 e. The van der Waals surface area contributed by atoms with Crippen molar-refractivity contribution in [1.82, 2.24) is 9.78 Å². The lowest BCUT2D eigenvalue weighted by Crippen LogP contribution is -1.99. The number of aliphatic hydroxyl groups excluding tert-OH is 1. The molecular weight excluding hydrogens is 232 g/mol. The zero-order valence-electron chi connectivity index (χ0n) is 10.6. The summed E-state index contributed by atoms with van der Waals surface area (Å²) in [6, 6.07) is 5.39. The Bertz CT molecular complexity index is 535. The first-order chi connectivity index (χ1) is 8.61. The third-order valence-electron chi connectivity index (χ3n) is 2.57. The highest BCUT2D eigenvalue weighted by Gasteiger charge is 2.16. The molecule has 1 aromatic carbocycles. The van der Waals surface area contributed by atoms with Crippen molar-refractivity contribution in [3.63, 3.8) is 0 Å². The van der Waals surface area contributed by atoms with Crippen molar-refractivity contribution in [2.24, 2.45) is 7.05 Å². The second-order valence-corrected chi connectivity index (χ2v) is 4.00. The van der Waals surface area contributed by atoms with Crippen molar-refractivity contribution in [1.29, 1.82) is 0 Å². The molecule has 1 heterocycles. The van der Waals surface area contributed by atoms with Gasteiger partial charge in [0.2, 0.25) is 0 Å². The van der Waals surface area contributed by atoms with Crippen LogP contribution in [0.2, 0.25) is 0 Å². The molecule has 0 radical (unpaired) electrons. The fourth-order valence-electron chi connectivity index (χ4n) is 1.78. The first-order valence-electron chi connectivity index (χ1n) is 5.63. The van der Waals surface area contributed by atoms with Gasteiger partial charge in [0.05, 0.1) is 31.2 Å². The summed E-state index contributed by atoms with van der Waals surface area (Å²) in [7, 11) is 3.38. The summed E-state index contributed by atoms with van der Waals surface area (Å²) in [5.74, 6) is 1.79. The zero-order chi connectivity index (χ0) is 13.1. The molecule has 0 aliphatic heterocycles. The molecule has 0 aliphatic rings. The first kappa shape index (κ1) is 12.4. The number of aromatic nitrogens is 2. The SMILES string of the molecule is COc1cccc(Oc2cnn(C)c2)c1C(C)O. The van der Waals surface area contributed by atoms with Crippen LogP contribution in [0.5, 0.6) is 17.2 Å². The third kappa shape index (κ3) is 2.46. The molecular formula is C13H16N2O3. The molecule has 18 heavy (non-hydrogen) atoms. The predicted octanol–water partition coefficient (Wildman–Crippen LogP) is 2.27. The molecule has 1 atom stereocenters. The Labute approximate surface area is 106 Å². The molecule has 2 rings (SSSR count). The topological polar surface area (TPSA) is 56.5 Å². The van der Waals surface area contributed by atoms with Crippen LogP contribution in [-0.4, -0.2) is 22.0 Å². The van der Waals surface area contributed by atoms with Gasteiger partial charge in [-0.25, -0.2) is 0 Å². The average molecular weight is 248 g/mol. The largest absolute Gasteiger partial charge is 0.496 e. The molecule has 1 unspecified atom stereocenters. The van der Waals surface area contributed by atoms with Crippen LogP contribution in [0.4, 0.5) is 0 Å². The fourth-order valence-corrected chi connectivity index (χ4v) is 1.78. The molecule has 1 N–H and O–H groups in total. The normalized spacial score (nSPS) is 12.2. The summed E-state index contributed by atoms with van der Waals surface area (Å²) in [6.45, 7) is 1.67. The van der Waals surface area contributed by atoms with Crippen LogP contribution >= 0.6 is 0 Å². The predicted molar refractivity (Wildman–Crippen MR) is 66.9 cm³/mol. The van der Waals surface area contributed by atoms with Crippen LogP contribution in [0.1, 0.15) is 18.6 Å². The Morgan fingerprint density at radius 1 is 1.33 bits per heavy atom. The number of ether oxygens (including phenoxy) is 2. The molecule has 2 aromatic rings. The van der Waals surface area contributed by atoms with Gasteiger partial charge in [-0.2, -0.15) is 5.10 Å². The summed E-state index contributed by atoms with van der Waals surface area (Å²) in [5.41, 5.74) is 0.629. The van der Waals surface area contributed by atoms with E-state index in [4.69, 9.17) is 9.47 Å². The van der Waals surface area contributed by atoms with E-state index in [0.717, 1.165) is 0 Å². The maximum absolute atomic E-state index is 9.82. The molecule has 96 valence electrons. The second kappa shape index (κ2) is 5.10. The van der Waals surface area contributed by atoms with Gasteiger partial charge in [-0.3, -0.25) is 4.68 Å². The average Bonchev–Trinajstić information content (AvgIpc) is 2.74. The van der Waals surface area contributed by atoms with Crippen molar-refractivity contribution < 1.29 is 14.6 Å². The van der Waals surface area contributed by atoms with E-state index in [0.29, 0.717) is 22.8 Å². The number of benzene rings is 1. The standard InChI is InChI=1S/C13H16N2O3/c1-9(16)13-11(17-3)5-4-6-12(13)18-10-7-14-15(2)8-10/h4-9,16H,1-3H3. The third-order valence-corrected chi connectivity index (χ3v) is 2.57. The Morgan fingerprint density at radius 2 is 2.06 bits per heavy atom. The van der Waals surface area contributed by atoms with E-state index < -0.39 is 6.10 Å². The summed E-state index contributed by atoms with van der Waals surface area (Å²) >= 11 is 0. The second-order valence-electron chi connectivity index (χ2n) is 4.00. The van der Waals surface area contributed by atoms with Crippen molar-refractivity contribution in [2.45, 2.75) is 13.0 Å². The lowest BCUT2D eigenvalue weighted by molar-refractivity contribution is 0.190. The Morgan fingerprint density at radius 3 is 2.61 bits per heavy atom. The number of hydrogen-bond acceptors (Lipinski definition) is 4. The minimum Gasteiger partial charge on any atom is -0.496 e. The first-order valence-corrected chi connectivity index (χ1v) is 5.63. The van der Waals surface area contributed by atoms with Gasteiger partial charge in [0.25, 0.3) is 0 Å². The number of methoxy groups -OCH3 is 1. The van der Waals surface area contributed by atoms with Crippen LogP contribution in [0.15, 0.2) is 30.6 Å². The molecule has 0 bridgehead atoms. The number of aryl methyl sites for hydroxylation is 1. The van der Waals surface area contributed by atoms with Gasteiger partial charge in [0.1, 0.15) is 11.5 Å². The van der Waals surface area contributed by atoms with Crippen LogP contribution < -0.4 is 9.47 Å². The van der Waals surface area contributed by atoms with E-state index in [-0.39, 0.29) is 0 Å².